The number of rotatable bonds is 4. The third-order valence-electron chi connectivity index (χ3n) is 2.47. The molecule has 0 aromatic rings. The molecule has 1 aliphatic rings. The van der Waals surface area contributed by atoms with Gasteiger partial charge in [0.05, 0.1) is 0 Å². The highest BCUT2D eigenvalue weighted by molar-refractivity contribution is 6.20. The van der Waals surface area contributed by atoms with Crippen LogP contribution in [0.5, 0.6) is 0 Å². The number of hydrogen-bond donors (Lipinski definition) is 0. The Bertz CT molecular complexity index is 325. The lowest BCUT2D eigenvalue weighted by Crippen LogP contribution is -2.17. The zero-order valence-corrected chi connectivity index (χ0v) is 10.5. The summed E-state index contributed by atoms with van der Waals surface area (Å²) < 4.78 is 0. The average molecular weight is 220 g/mol. The first-order valence-corrected chi connectivity index (χ1v) is 5.90. The van der Waals surface area contributed by atoms with Gasteiger partial charge in [0, 0.05) is 11.1 Å². The molecule has 0 bridgehead atoms. The maximum Gasteiger partial charge on any atom is 0.185 e. The maximum absolute atomic E-state index is 12.1. The summed E-state index contributed by atoms with van der Waals surface area (Å²) in [5, 5.41) is 0. The smallest absolute Gasteiger partial charge is 0.185 e. The van der Waals surface area contributed by atoms with Crippen molar-refractivity contribution in [3.05, 3.63) is 23.3 Å². The Morgan fingerprint density at radius 1 is 0.875 bits per heavy atom. The largest absolute Gasteiger partial charge is 0.290 e. The van der Waals surface area contributed by atoms with Gasteiger partial charge in [0.1, 0.15) is 0 Å². The molecule has 0 heterocycles. The van der Waals surface area contributed by atoms with Crippen LogP contribution in [0.1, 0.15) is 40.5 Å². The lowest BCUT2D eigenvalue weighted by Gasteiger charge is -2.16. The fraction of sp³-hybridized carbons (Fsp3) is 0.571. The number of hydrogen-bond acceptors (Lipinski definition) is 2. The van der Waals surface area contributed by atoms with Crippen LogP contribution in [0, 0.1) is 11.8 Å². The lowest BCUT2D eigenvalue weighted by atomic mass is 9.87. The quantitative estimate of drug-likeness (QED) is 0.682. The second kappa shape index (κ2) is 5.24. The third kappa shape index (κ3) is 3.44. The van der Waals surface area contributed by atoms with Crippen LogP contribution in [0.3, 0.4) is 0 Å². The van der Waals surface area contributed by atoms with Gasteiger partial charge in [-0.3, -0.25) is 9.59 Å². The summed E-state index contributed by atoms with van der Waals surface area (Å²) in [6.45, 7) is 8.22. The summed E-state index contributed by atoms with van der Waals surface area (Å²) in [5.74, 6) is 0.843. The highest BCUT2D eigenvalue weighted by Gasteiger charge is 2.22. The highest BCUT2D eigenvalue weighted by Crippen LogP contribution is 2.23. The van der Waals surface area contributed by atoms with Gasteiger partial charge in [0.2, 0.25) is 0 Å². The van der Waals surface area contributed by atoms with Crippen molar-refractivity contribution in [2.75, 3.05) is 0 Å². The molecule has 1 rings (SSSR count). The Kier molecular flexibility index (Phi) is 4.22. The van der Waals surface area contributed by atoms with E-state index in [1.54, 1.807) is 0 Å². The van der Waals surface area contributed by atoms with Crippen LogP contribution in [0.2, 0.25) is 0 Å². The van der Waals surface area contributed by atoms with E-state index < -0.39 is 0 Å². The number of carbonyl (C=O) groups excluding carboxylic acids is 2. The van der Waals surface area contributed by atoms with Crippen LogP contribution >= 0.6 is 0 Å². The van der Waals surface area contributed by atoms with E-state index in [-0.39, 0.29) is 11.6 Å². The van der Waals surface area contributed by atoms with Crippen LogP contribution in [-0.4, -0.2) is 11.6 Å². The molecule has 0 radical (unpaired) electrons. The van der Waals surface area contributed by atoms with Crippen LogP contribution in [0.25, 0.3) is 0 Å². The Balaban J connectivity index is 2.85. The number of Topliss-reactive ketones (excluding diaryl/α,β-unsaturated/α-hetero) is 1. The fourth-order valence-electron chi connectivity index (χ4n) is 1.91. The van der Waals surface area contributed by atoms with Crippen molar-refractivity contribution in [1.29, 1.82) is 0 Å². The Morgan fingerprint density at radius 3 is 1.56 bits per heavy atom. The molecule has 0 saturated carbocycles. The molecule has 0 unspecified atom stereocenters. The maximum atomic E-state index is 12.1. The molecular formula is C14H20O2. The van der Waals surface area contributed by atoms with Crippen LogP contribution in [-0.2, 0) is 9.59 Å². The van der Waals surface area contributed by atoms with Crippen molar-refractivity contribution in [3.8, 4) is 0 Å². The summed E-state index contributed by atoms with van der Waals surface area (Å²) in [6.07, 6.45) is 4.37. The second-order valence-electron chi connectivity index (χ2n) is 5.27. The topological polar surface area (TPSA) is 34.1 Å². The Hall–Kier alpha value is -1.18. The molecule has 0 aromatic heterocycles. The van der Waals surface area contributed by atoms with Crippen molar-refractivity contribution in [2.45, 2.75) is 40.5 Å². The molecule has 0 saturated heterocycles. The first-order chi connectivity index (χ1) is 7.40. The summed E-state index contributed by atoms with van der Waals surface area (Å²) in [5.41, 5.74) is 1.36. The fourth-order valence-corrected chi connectivity index (χ4v) is 1.91. The highest BCUT2D eigenvalue weighted by atomic mass is 16.1. The van der Waals surface area contributed by atoms with E-state index in [0.717, 1.165) is 0 Å². The predicted molar refractivity (Wildman–Crippen MR) is 65.1 cm³/mol. The van der Waals surface area contributed by atoms with Crippen molar-refractivity contribution in [2.24, 2.45) is 11.8 Å². The molecule has 88 valence electrons. The van der Waals surface area contributed by atoms with E-state index in [1.807, 2.05) is 0 Å². The first kappa shape index (κ1) is 12.9. The van der Waals surface area contributed by atoms with Crippen LogP contribution in [0.15, 0.2) is 23.3 Å². The number of ketones is 2. The molecule has 2 nitrogen and oxygen atoms in total. The lowest BCUT2D eigenvalue weighted by molar-refractivity contribution is -0.115. The minimum absolute atomic E-state index is 0.0362. The summed E-state index contributed by atoms with van der Waals surface area (Å²) in [6, 6.07) is 0. The SMILES string of the molecule is CC(C)CC1=CC(=O)C=C(CC(C)C)C1=O. The van der Waals surface area contributed by atoms with Gasteiger partial charge in [-0.1, -0.05) is 27.7 Å². The molecule has 16 heavy (non-hydrogen) atoms. The molecule has 0 atom stereocenters. The monoisotopic (exact) mass is 220 g/mol. The van der Waals surface area contributed by atoms with Crippen molar-refractivity contribution >= 4 is 11.6 Å². The van der Waals surface area contributed by atoms with E-state index in [1.165, 1.54) is 12.2 Å². The molecule has 0 amide bonds. The van der Waals surface area contributed by atoms with E-state index in [2.05, 4.69) is 27.7 Å². The van der Waals surface area contributed by atoms with Gasteiger partial charge >= 0.3 is 0 Å². The molecule has 0 aromatic carbocycles. The zero-order chi connectivity index (χ0) is 12.3. The molecule has 0 spiro atoms. The number of carbonyl (C=O) groups is 2. The minimum atomic E-state index is -0.0362. The summed E-state index contributed by atoms with van der Waals surface area (Å²) >= 11 is 0. The van der Waals surface area contributed by atoms with Gasteiger partial charge in [-0.05, 0) is 36.8 Å². The Labute approximate surface area is 97.4 Å². The van der Waals surface area contributed by atoms with Gasteiger partial charge in [-0.15, -0.1) is 0 Å². The third-order valence-corrected chi connectivity index (χ3v) is 2.47. The predicted octanol–water partition coefficient (Wildman–Crippen LogP) is 3.08. The molecule has 0 fully saturated rings. The number of allylic oxidation sites excluding steroid dienone is 4. The molecule has 2 heteroatoms. The van der Waals surface area contributed by atoms with E-state index in [0.29, 0.717) is 35.8 Å². The molecular weight excluding hydrogens is 200 g/mol. The van der Waals surface area contributed by atoms with Gasteiger partial charge in [-0.2, -0.15) is 0 Å². The van der Waals surface area contributed by atoms with Crippen LogP contribution in [0.4, 0.5) is 0 Å². The standard InChI is InChI=1S/C14H20O2/c1-9(2)5-11-7-13(15)8-12(14(11)16)6-10(3)4/h7-10H,5-6H2,1-4H3. The van der Waals surface area contributed by atoms with Crippen molar-refractivity contribution in [3.63, 3.8) is 0 Å². The van der Waals surface area contributed by atoms with Crippen molar-refractivity contribution in [1.82, 2.24) is 0 Å². The normalized spacial score (nSPS) is 16.9. The van der Waals surface area contributed by atoms with Gasteiger partial charge < -0.3 is 0 Å². The first-order valence-electron chi connectivity index (χ1n) is 5.90. The minimum Gasteiger partial charge on any atom is -0.290 e. The molecule has 1 aliphatic carbocycles. The van der Waals surface area contributed by atoms with Crippen LogP contribution < -0.4 is 0 Å². The van der Waals surface area contributed by atoms with E-state index in [4.69, 9.17) is 0 Å². The summed E-state index contributed by atoms with van der Waals surface area (Å²) in [4.78, 5) is 23.5. The van der Waals surface area contributed by atoms with E-state index >= 15 is 0 Å². The zero-order valence-electron chi connectivity index (χ0n) is 10.5. The Morgan fingerprint density at radius 2 is 1.25 bits per heavy atom. The van der Waals surface area contributed by atoms with Gasteiger partial charge in [0.15, 0.2) is 11.6 Å². The van der Waals surface area contributed by atoms with E-state index in [9.17, 15) is 9.59 Å². The molecule has 0 N–H and O–H groups in total. The van der Waals surface area contributed by atoms with Gasteiger partial charge in [0.25, 0.3) is 0 Å². The van der Waals surface area contributed by atoms with Gasteiger partial charge in [-0.25, -0.2) is 0 Å². The second-order valence-corrected chi connectivity index (χ2v) is 5.27. The summed E-state index contributed by atoms with van der Waals surface area (Å²) in [7, 11) is 0. The molecule has 0 aliphatic heterocycles. The van der Waals surface area contributed by atoms with Crippen molar-refractivity contribution < 1.29 is 9.59 Å². The average Bonchev–Trinajstić information content (AvgIpc) is 2.11.